The Bertz CT molecular complexity index is 832. The summed E-state index contributed by atoms with van der Waals surface area (Å²) in [6.45, 7) is 1.80. The number of piperazine rings is 1. The van der Waals surface area contributed by atoms with Gasteiger partial charge in [-0.25, -0.2) is 8.42 Å². The molecule has 0 spiro atoms. The van der Waals surface area contributed by atoms with Crippen LogP contribution in [0.2, 0.25) is 0 Å². The number of sulfonamides is 1. The molecule has 2 amide bonds. The van der Waals surface area contributed by atoms with Crippen LogP contribution < -0.4 is 0 Å². The first-order valence-electron chi connectivity index (χ1n) is 9.65. The third kappa shape index (κ3) is 3.92. The van der Waals surface area contributed by atoms with Gasteiger partial charge in [-0.1, -0.05) is 30.3 Å². The van der Waals surface area contributed by atoms with Crippen molar-refractivity contribution in [3.05, 3.63) is 35.9 Å². The van der Waals surface area contributed by atoms with Gasteiger partial charge in [-0.2, -0.15) is 4.31 Å². The maximum Gasteiger partial charge on any atom is 0.249 e. The Balaban J connectivity index is 1.42. The van der Waals surface area contributed by atoms with Gasteiger partial charge in [0.05, 0.1) is 11.9 Å². The van der Waals surface area contributed by atoms with Crippen molar-refractivity contribution < 1.29 is 22.7 Å². The molecule has 0 unspecified atom stereocenters. The molecule has 3 fully saturated rings. The lowest BCUT2D eigenvalue weighted by molar-refractivity contribution is -0.160. The highest BCUT2D eigenvalue weighted by Gasteiger charge is 2.43. The van der Waals surface area contributed by atoms with Crippen molar-refractivity contribution in [1.82, 2.24) is 14.1 Å². The van der Waals surface area contributed by atoms with E-state index < -0.39 is 16.1 Å². The van der Waals surface area contributed by atoms with E-state index in [1.807, 2.05) is 30.3 Å². The van der Waals surface area contributed by atoms with Crippen LogP contribution in [0.15, 0.2) is 30.3 Å². The van der Waals surface area contributed by atoms with Crippen LogP contribution in [0.3, 0.4) is 0 Å². The fraction of sp³-hybridized carbons (Fsp3) is 0.579. The SMILES string of the molecule is O=C([C@@H]1COCC(=O)N1Cc1ccccc1)N1CCN(S(=O)(=O)C2CC2)CC1. The molecule has 2 aliphatic heterocycles. The van der Waals surface area contributed by atoms with E-state index in [9.17, 15) is 18.0 Å². The predicted molar refractivity (Wildman–Crippen MR) is 102 cm³/mol. The van der Waals surface area contributed by atoms with Crippen molar-refractivity contribution >= 4 is 21.8 Å². The molecule has 9 heteroatoms. The smallest absolute Gasteiger partial charge is 0.249 e. The number of morpholine rings is 1. The highest BCUT2D eigenvalue weighted by molar-refractivity contribution is 7.90. The van der Waals surface area contributed by atoms with Gasteiger partial charge in [0, 0.05) is 32.7 Å². The van der Waals surface area contributed by atoms with Crippen LogP contribution in [0, 0.1) is 0 Å². The van der Waals surface area contributed by atoms with E-state index in [1.54, 1.807) is 9.80 Å². The first-order chi connectivity index (χ1) is 13.5. The minimum Gasteiger partial charge on any atom is -0.369 e. The summed E-state index contributed by atoms with van der Waals surface area (Å²) < 4.78 is 31.6. The molecule has 152 valence electrons. The molecule has 0 bridgehead atoms. The van der Waals surface area contributed by atoms with Gasteiger partial charge >= 0.3 is 0 Å². The highest BCUT2D eigenvalue weighted by atomic mass is 32.2. The van der Waals surface area contributed by atoms with Crippen LogP contribution >= 0.6 is 0 Å². The molecule has 3 aliphatic rings. The zero-order chi connectivity index (χ0) is 19.7. The molecule has 1 aliphatic carbocycles. The largest absolute Gasteiger partial charge is 0.369 e. The second-order valence-electron chi connectivity index (χ2n) is 7.51. The summed E-state index contributed by atoms with van der Waals surface area (Å²) in [5.74, 6) is -0.379. The number of nitrogens with zero attached hydrogens (tertiary/aromatic N) is 3. The van der Waals surface area contributed by atoms with Crippen LogP contribution in [0.25, 0.3) is 0 Å². The first-order valence-corrected chi connectivity index (χ1v) is 11.2. The van der Waals surface area contributed by atoms with E-state index in [0.717, 1.165) is 18.4 Å². The molecule has 1 atom stereocenters. The molecular weight excluding hydrogens is 382 g/mol. The summed E-state index contributed by atoms with van der Waals surface area (Å²) in [6, 6.07) is 8.88. The zero-order valence-electron chi connectivity index (χ0n) is 15.7. The fourth-order valence-electron chi connectivity index (χ4n) is 3.74. The van der Waals surface area contributed by atoms with Gasteiger partial charge in [-0.15, -0.1) is 0 Å². The summed E-state index contributed by atoms with van der Waals surface area (Å²) in [6.07, 6.45) is 1.47. The zero-order valence-corrected chi connectivity index (χ0v) is 16.5. The van der Waals surface area contributed by atoms with Gasteiger partial charge in [-0.05, 0) is 18.4 Å². The van der Waals surface area contributed by atoms with Gasteiger partial charge in [0.1, 0.15) is 12.6 Å². The Labute approximate surface area is 165 Å². The van der Waals surface area contributed by atoms with Gasteiger partial charge in [-0.3, -0.25) is 9.59 Å². The van der Waals surface area contributed by atoms with E-state index in [4.69, 9.17) is 4.74 Å². The number of rotatable bonds is 5. The molecule has 4 rings (SSSR count). The number of amides is 2. The second kappa shape index (κ2) is 7.81. The summed E-state index contributed by atoms with van der Waals surface area (Å²) in [7, 11) is -3.22. The van der Waals surface area contributed by atoms with Crippen molar-refractivity contribution in [1.29, 1.82) is 0 Å². The molecule has 2 saturated heterocycles. The monoisotopic (exact) mass is 407 g/mol. The molecule has 0 N–H and O–H groups in total. The third-order valence-electron chi connectivity index (χ3n) is 5.53. The summed E-state index contributed by atoms with van der Waals surface area (Å²) in [5.41, 5.74) is 0.955. The fourth-order valence-corrected chi connectivity index (χ4v) is 5.56. The van der Waals surface area contributed by atoms with E-state index in [0.29, 0.717) is 32.7 Å². The number of carbonyl (C=O) groups excluding carboxylic acids is 2. The van der Waals surface area contributed by atoms with Crippen LogP contribution in [-0.4, -0.2) is 85.0 Å². The van der Waals surface area contributed by atoms with Crippen molar-refractivity contribution in [3.8, 4) is 0 Å². The van der Waals surface area contributed by atoms with E-state index in [2.05, 4.69) is 0 Å². The lowest BCUT2D eigenvalue weighted by atomic mass is 10.1. The minimum absolute atomic E-state index is 0.0238. The second-order valence-corrected chi connectivity index (χ2v) is 9.72. The molecule has 0 aromatic heterocycles. The number of carbonyl (C=O) groups is 2. The van der Waals surface area contributed by atoms with Crippen LogP contribution in [0.4, 0.5) is 0 Å². The minimum atomic E-state index is -3.22. The van der Waals surface area contributed by atoms with Crippen LogP contribution in [0.1, 0.15) is 18.4 Å². The number of benzene rings is 1. The van der Waals surface area contributed by atoms with Gasteiger partial charge < -0.3 is 14.5 Å². The topological polar surface area (TPSA) is 87.2 Å². The van der Waals surface area contributed by atoms with Gasteiger partial charge in [0.2, 0.25) is 21.8 Å². The average Bonchev–Trinajstić information content (AvgIpc) is 3.56. The molecule has 28 heavy (non-hydrogen) atoms. The molecule has 8 nitrogen and oxygen atoms in total. The van der Waals surface area contributed by atoms with E-state index in [1.165, 1.54) is 4.31 Å². The number of hydrogen-bond acceptors (Lipinski definition) is 5. The van der Waals surface area contributed by atoms with Crippen molar-refractivity contribution in [2.24, 2.45) is 0 Å². The molecule has 1 saturated carbocycles. The van der Waals surface area contributed by atoms with Crippen LogP contribution in [-0.2, 0) is 30.9 Å². The lowest BCUT2D eigenvalue weighted by Crippen LogP contribution is -2.60. The molecule has 1 aromatic rings. The molecule has 1 aromatic carbocycles. The standard InChI is InChI=1S/C19H25N3O5S/c23-18-14-27-13-17(22(18)12-15-4-2-1-3-5-15)19(24)20-8-10-21(11-9-20)28(25,26)16-6-7-16/h1-5,16-17H,6-14H2/t17-/m0/s1. The quantitative estimate of drug-likeness (QED) is 0.688. The predicted octanol–water partition coefficient (Wildman–Crippen LogP) is 0.0504. The van der Waals surface area contributed by atoms with E-state index in [-0.39, 0.29) is 30.3 Å². The van der Waals surface area contributed by atoms with Gasteiger partial charge in [0.25, 0.3) is 0 Å². The van der Waals surface area contributed by atoms with Crippen molar-refractivity contribution in [3.63, 3.8) is 0 Å². The Morgan fingerprint density at radius 2 is 1.75 bits per heavy atom. The maximum atomic E-state index is 13.1. The normalized spacial score (nSPS) is 24.4. The van der Waals surface area contributed by atoms with Crippen molar-refractivity contribution in [2.75, 3.05) is 39.4 Å². The first kappa shape index (κ1) is 19.4. The summed E-state index contributed by atoms with van der Waals surface area (Å²) >= 11 is 0. The maximum absolute atomic E-state index is 13.1. The van der Waals surface area contributed by atoms with Gasteiger partial charge in [0.15, 0.2) is 0 Å². The Hall–Kier alpha value is -1.97. The summed E-state index contributed by atoms with van der Waals surface area (Å²) in [5, 5.41) is -0.236. The summed E-state index contributed by atoms with van der Waals surface area (Å²) in [4.78, 5) is 28.7. The highest BCUT2D eigenvalue weighted by Crippen LogP contribution is 2.31. The average molecular weight is 407 g/mol. The third-order valence-corrected chi connectivity index (χ3v) is 7.93. The Morgan fingerprint density at radius 1 is 1.07 bits per heavy atom. The van der Waals surface area contributed by atoms with Crippen molar-refractivity contribution in [2.45, 2.75) is 30.7 Å². The number of hydrogen-bond donors (Lipinski definition) is 0. The Kier molecular flexibility index (Phi) is 5.39. The van der Waals surface area contributed by atoms with E-state index >= 15 is 0 Å². The lowest BCUT2D eigenvalue weighted by Gasteiger charge is -2.40. The molecule has 0 radical (unpaired) electrons. The Morgan fingerprint density at radius 3 is 2.39 bits per heavy atom. The van der Waals surface area contributed by atoms with Crippen LogP contribution in [0.5, 0.6) is 0 Å². The molecular formula is C19H25N3O5S. The molecule has 2 heterocycles. The number of ether oxygens (including phenoxy) is 1.